The number of alkyl halides is 2. The lowest BCUT2D eigenvalue weighted by Gasteiger charge is -2.17. The Morgan fingerprint density at radius 3 is 2.62 bits per heavy atom. The maximum atomic E-state index is 11.5. The highest BCUT2D eigenvalue weighted by Crippen LogP contribution is 2.63. The SMILES string of the molecule is Nc1cc(=O)[nH]c(SC(c2ccccc2)C2CC2(Cl)Cl)n1. The molecule has 4 nitrogen and oxygen atoms in total. The van der Waals surface area contributed by atoms with Crippen LogP contribution in [0.3, 0.4) is 0 Å². The Hall–Kier alpha value is -1.17. The standard InChI is InChI=1S/C14H13Cl2N3OS/c15-14(16)7-9(14)12(8-4-2-1-3-5-8)21-13-18-10(17)6-11(20)19-13/h1-6,9,12H,7H2,(H3,17,18,19,20). The van der Waals surface area contributed by atoms with Crippen molar-refractivity contribution in [2.24, 2.45) is 5.92 Å². The third-order valence-corrected chi connectivity index (χ3v) is 5.49. The van der Waals surface area contributed by atoms with Gasteiger partial charge in [-0.2, -0.15) is 0 Å². The molecule has 1 aliphatic carbocycles. The van der Waals surface area contributed by atoms with Crippen molar-refractivity contribution in [2.45, 2.75) is 21.2 Å². The van der Waals surface area contributed by atoms with E-state index in [-0.39, 0.29) is 22.5 Å². The highest BCUT2D eigenvalue weighted by molar-refractivity contribution is 7.99. The van der Waals surface area contributed by atoms with Gasteiger partial charge in [0.1, 0.15) is 10.2 Å². The first-order valence-electron chi connectivity index (χ1n) is 6.42. The molecular formula is C14H13Cl2N3OS. The van der Waals surface area contributed by atoms with Crippen molar-refractivity contribution in [1.82, 2.24) is 9.97 Å². The van der Waals surface area contributed by atoms with Gasteiger partial charge in [-0.1, -0.05) is 42.1 Å². The van der Waals surface area contributed by atoms with Crippen molar-refractivity contribution in [3.05, 3.63) is 52.3 Å². The monoisotopic (exact) mass is 341 g/mol. The van der Waals surface area contributed by atoms with Crippen LogP contribution in [0.15, 0.2) is 46.3 Å². The van der Waals surface area contributed by atoms with Gasteiger partial charge in [-0.05, 0) is 12.0 Å². The van der Waals surface area contributed by atoms with Crippen LogP contribution >= 0.6 is 35.0 Å². The fourth-order valence-electron chi connectivity index (χ4n) is 2.22. The molecule has 2 aromatic rings. The number of anilines is 1. The molecule has 3 N–H and O–H groups in total. The van der Waals surface area contributed by atoms with Gasteiger partial charge in [0, 0.05) is 17.2 Å². The molecular weight excluding hydrogens is 329 g/mol. The van der Waals surface area contributed by atoms with Crippen LogP contribution in [0.1, 0.15) is 17.2 Å². The van der Waals surface area contributed by atoms with Gasteiger partial charge in [-0.3, -0.25) is 4.79 Å². The predicted molar refractivity (Wildman–Crippen MR) is 86.9 cm³/mol. The van der Waals surface area contributed by atoms with Crippen LogP contribution in [0.4, 0.5) is 5.82 Å². The van der Waals surface area contributed by atoms with Gasteiger partial charge >= 0.3 is 0 Å². The quantitative estimate of drug-likeness (QED) is 0.508. The Labute approximate surface area is 136 Å². The van der Waals surface area contributed by atoms with Crippen molar-refractivity contribution >= 4 is 40.8 Å². The van der Waals surface area contributed by atoms with Crippen LogP contribution in [0.25, 0.3) is 0 Å². The molecule has 1 saturated carbocycles. The second kappa shape index (κ2) is 5.55. The van der Waals surface area contributed by atoms with Crippen LogP contribution in [-0.4, -0.2) is 14.3 Å². The smallest absolute Gasteiger partial charge is 0.253 e. The molecule has 0 bridgehead atoms. The van der Waals surface area contributed by atoms with E-state index in [0.29, 0.717) is 5.16 Å². The fraction of sp³-hybridized carbons (Fsp3) is 0.286. The second-order valence-corrected chi connectivity index (χ2v) is 7.67. The van der Waals surface area contributed by atoms with E-state index in [9.17, 15) is 4.79 Å². The minimum atomic E-state index is -0.714. The summed E-state index contributed by atoms with van der Waals surface area (Å²) in [6, 6.07) is 11.2. The van der Waals surface area contributed by atoms with E-state index in [4.69, 9.17) is 28.9 Å². The van der Waals surface area contributed by atoms with Crippen LogP contribution in [-0.2, 0) is 0 Å². The number of H-pyrrole nitrogens is 1. The van der Waals surface area contributed by atoms with Crippen LogP contribution < -0.4 is 11.3 Å². The maximum absolute atomic E-state index is 11.5. The number of rotatable bonds is 4. The molecule has 0 radical (unpaired) electrons. The Morgan fingerprint density at radius 2 is 2.05 bits per heavy atom. The zero-order valence-corrected chi connectivity index (χ0v) is 13.3. The zero-order chi connectivity index (χ0) is 15.0. The summed E-state index contributed by atoms with van der Waals surface area (Å²) < 4.78 is -0.714. The summed E-state index contributed by atoms with van der Waals surface area (Å²) in [5.74, 6) is 0.312. The highest BCUT2D eigenvalue weighted by atomic mass is 35.5. The van der Waals surface area contributed by atoms with Crippen LogP contribution in [0.5, 0.6) is 0 Å². The van der Waals surface area contributed by atoms with E-state index in [1.54, 1.807) is 0 Å². The number of benzene rings is 1. The first-order chi connectivity index (χ1) is 9.95. The molecule has 0 amide bonds. The largest absolute Gasteiger partial charge is 0.383 e. The number of nitrogen functional groups attached to an aromatic ring is 1. The lowest BCUT2D eigenvalue weighted by Crippen LogP contribution is -2.11. The molecule has 7 heteroatoms. The Bertz CT molecular complexity index is 705. The summed E-state index contributed by atoms with van der Waals surface area (Å²) in [6.07, 6.45) is 0.717. The third kappa shape index (κ3) is 3.36. The van der Waals surface area contributed by atoms with Gasteiger partial charge in [0.2, 0.25) is 0 Å². The van der Waals surface area contributed by atoms with Gasteiger partial charge in [-0.15, -0.1) is 23.2 Å². The summed E-state index contributed by atoms with van der Waals surface area (Å²) in [5, 5.41) is 0.496. The summed E-state index contributed by atoms with van der Waals surface area (Å²) in [4.78, 5) is 18.3. The van der Waals surface area contributed by atoms with E-state index in [1.165, 1.54) is 17.8 Å². The van der Waals surface area contributed by atoms with Crippen molar-refractivity contribution < 1.29 is 0 Å². The number of aromatic amines is 1. The number of nitrogens with two attached hydrogens (primary N) is 1. The number of hydrogen-bond acceptors (Lipinski definition) is 4. The molecule has 0 saturated heterocycles. The van der Waals surface area contributed by atoms with Gasteiger partial charge < -0.3 is 10.7 Å². The van der Waals surface area contributed by atoms with Crippen LogP contribution in [0.2, 0.25) is 0 Å². The Balaban J connectivity index is 1.91. The predicted octanol–water partition coefficient (Wildman–Crippen LogP) is 3.38. The summed E-state index contributed by atoms with van der Waals surface area (Å²) in [7, 11) is 0. The molecule has 1 fully saturated rings. The van der Waals surface area contributed by atoms with E-state index < -0.39 is 4.33 Å². The average Bonchev–Trinajstić information content (AvgIpc) is 3.04. The summed E-state index contributed by atoms with van der Waals surface area (Å²) in [6.45, 7) is 0. The molecule has 21 heavy (non-hydrogen) atoms. The molecule has 1 heterocycles. The molecule has 2 atom stereocenters. The van der Waals surface area contributed by atoms with Gasteiger partial charge in [0.15, 0.2) is 5.16 Å². The Kier molecular flexibility index (Phi) is 3.90. The third-order valence-electron chi connectivity index (χ3n) is 3.35. The number of aromatic nitrogens is 2. The molecule has 3 rings (SSSR count). The van der Waals surface area contributed by atoms with E-state index in [0.717, 1.165) is 12.0 Å². The molecule has 1 aliphatic rings. The second-order valence-electron chi connectivity index (χ2n) is 5.00. The first kappa shape index (κ1) is 14.8. The molecule has 110 valence electrons. The highest BCUT2D eigenvalue weighted by Gasteiger charge is 2.56. The van der Waals surface area contributed by atoms with Crippen molar-refractivity contribution in [3.8, 4) is 0 Å². The summed E-state index contributed by atoms with van der Waals surface area (Å²) >= 11 is 13.9. The van der Waals surface area contributed by atoms with Crippen molar-refractivity contribution in [3.63, 3.8) is 0 Å². The summed E-state index contributed by atoms with van der Waals surface area (Å²) in [5.41, 5.74) is 6.45. The average molecular weight is 342 g/mol. The van der Waals surface area contributed by atoms with Crippen LogP contribution in [0, 0.1) is 5.92 Å². The Morgan fingerprint density at radius 1 is 1.38 bits per heavy atom. The van der Waals surface area contributed by atoms with Gasteiger partial charge in [-0.25, -0.2) is 4.98 Å². The van der Waals surface area contributed by atoms with Gasteiger partial charge in [0.05, 0.1) is 0 Å². The molecule has 1 aromatic heterocycles. The molecule has 2 unspecified atom stereocenters. The zero-order valence-electron chi connectivity index (χ0n) is 10.9. The van der Waals surface area contributed by atoms with E-state index >= 15 is 0 Å². The fourth-order valence-corrected chi connectivity index (χ4v) is 4.30. The minimum absolute atomic E-state index is 0.0196. The van der Waals surface area contributed by atoms with E-state index in [1.807, 2.05) is 30.3 Å². The molecule has 0 spiro atoms. The number of hydrogen-bond donors (Lipinski definition) is 2. The normalized spacial score (nSPS) is 21.0. The number of halogens is 2. The number of thioether (sulfide) groups is 1. The number of nitrogens with one attached hydrogen (secondary N) is 1. The lowest BCUT2D eigenvalue weighted by atomic mass is 10.1. The first-order valence-corrected chi connectivity index (χ1v) is 8.05. The van der Waals surface area contributed by atoms with Crippen molar-refractivity contribution in [1.29, 1.82) is 0 Å². The minimum Gasteiger partial charge on any atom is -0.383 e. The van der Waals surface area contributed by atoms with Gasteiger partial charge in [0.25, 0.3) is 5.56 Å². The molecule has 1 aromatic carbocycles. The van der Waals surface area contributed by atoms with Crippen molar-refractivity contribution in [2.75, 3.05) is 5.73 Å². The van der Waals surface area contributed by atoms with E-state index in [2.05, 4.69) is 9.97 Å². The molecule has 0 aliphatic heterocycles. The number of nitrogens with zero attached hydrogens (tertiary/aromatic N) is 1. The topological polar surface area (TPSA) is 71.8 Å². The maximum Gasteiger partial charge on any atom is 0.253 e. The lowest BCUT2D eigenvalue weighted by molar-refractivity contribution is 0.788.